The highest BCUT2D eigenvalue weighted by Gasteiger charge is 2.38. The number of benzene rings is 5. The van der Waals surface area contributed by atoms with Crippen LogP contribution in [0, 0.1) is 23.3 Å². The Hall–Kier alpha value is -4.17. The van der Waals surface area contributed by atoms with Crippen molar-refractivity contribution in [2.24, 2.45) is 0 Å². The van der Waals surface area contributed by atoms with Crippen molar-refractivity contribution in [2.75, 3.05) is 6.61 Å². The normalized spacial score (nSPS) is 14.8. The van der Waals surface area contributed by atoms with Gasteiger partial charge in [0.15, 0.2) is 11.6 Å². The molecule has 0 amide bonds. The van der Waals surface area contributed by atoms with Crippen LogP contribution in [0.1, 0.15) is 47.3 Å². The van der Waals surface area contributed by atoms with E-state index in [4.69, 9.17) is 4.74 Å². The van der Waals surface area contributed by atoms with Gasteiger partial charge in [-0.1, -0.05) is 86.1 Å². The van der Waals surface area contributed by atoms with Crippen LogP contribution in [0.5, 0.6) is 0 Å². The molecule has 0 spiro atoms. The molecule has 1 heterocycles. The summed E-state index contributed by atoms with van der Waals surface area (Å²) in [6, 6.07) is 21.3. The highest BCUT2D eigenvalue weighted by molar-refractivity contribution is 5.90. The van der Waals surface area contributed by atoms with Gasteiger partial charge in [-0.25, -0.2) is 17.6 Å². The van der Waals surface area contributed by atoms with Gasteiger partial charge in [0.05, 0.1) is 17.6 Å². The largest absolute Gasteiger partial charge is 0.419 e. The van der Waals surface area contributed by atoms with E-state index in [1.165, 1.54) is 17.7 Å². The van der Waals surface area contributed by atoms with E-state index in [9.17, 15) is 22.0 Å². The summed E-state index contributed by atoms with van der Waals surface area (Å²) in [4.78, 5) is 0. The van der Waals surface area contributed by atoms with Gasteiger partial charge in [0, 0.05) is 16.7 Å². The Balaban J connectivity index is 1.29. The Bertz CT molecular complexity index is 1840. The molecule has 1 fully saturated rings. The van der Waals surface area contributed by atoms with Crippen molar-refractivity contribution in [1.82, 2.24) is 0 Å². The van der Waals surface area contributed by atoms with Gasteiger partial charge in [0.1, 0.15) is 17.7 Å². The molecule has 5 aromatic rings. The highest BCUT2D eigenvalue weighted by Crippen LogP contribution is 2.42. The number of rotatable bonds is 8. The van der Waals surface area contributed by atoms with E-state index in [2.05, 4.69) is 19.1 Å². The van der Waals surface area contributed by atoms with Crippen molar-refractivity contribution in [2.45, 2.75) is 44.9 Å². The zero-order valence-electron chi connectivity index (χ0n) is 23.7. The van der Waals surface area contributed by atoms with Gasteiger partial charge in [-0.05, 0) is 58.5 Å². The SMILES string of the molecule is CCCc1ccc(-c2ccc(CCc3ccc(-c4ccc5cc(C6CO6)c(F)c(F)c5c4F)c(F)c3C(F)(F)F)cc2)cc1. The van der Waals surface area contributed by atoms with E-state index < -0.39 is 57.6 Å². The summed E-state index contributed by atoms with van der Waals surface area (Å²) < 4.78 is 108. The number of aryl methyl sites for hydroxylation is 3. The van der Waals surface area contributed by atoms with Crippen molar-refractivity contribution in [1.29, 1.82) is 0 Å². The maximum atomic E-state index is 15.6. The van der Waals surface area contributed by atoms with E-state index in [1.807, 2.05) is 36.4 Å². The fraction of sp³-hybridized carbons (Fsp3) is 0.222. The summed E-state index contributed by atoms with van der Waals surface area (Å²) in [5, 5.41) is -0.773. The van der Waals surface area contributed by atoms with Gasteiger partial charge in [-0.3, -0.25) is 0 Å². The van der Waals surface area contributed by atoms with Gasteiger partial charge in [-0.15, -0.1) is 0 Å². The van der Waals surface area contributed by atoms with E-state index >= 15 is 8.78 Å². The zero-order valence-corrected chi connectivity index (χ0v) is 23.7. The molecule has 226 valence electrons. The molecule has 0 N–H and O–H groups in total. The van der Waals surface area contributed by atoms with Crippen LogP contribution in [0.3, 0.4) is 0 Å². The van der Waals surface area contributed by atoms with Gasteiger partial charge in [0.25, 0.3) is 0 Å². The lowest BCUT2D eigenvalue weighted by Crippen LogP contribution is -2.14. The Labute approximate surface area is 249 Å². The molecule has 6 rings (SSSR count). The first-order valence-corrected chi connectivity index (χ1v) is 14.4. The van der Waals surface area contributed by atoms with Gasteiger partial charge < -0.3 is 4.74 Å². The lowest BCUT2D eigenvalue weighted by Gasteiger charge is -2.18. The molecule has 0 aliphatic carbocycles. The molecule has 5 aromatic carbocycles. The number of epoxide rings is 1. The minimum absolute atomic E-state index is 0.0109. The van der Waals surface area contributed by atoms with Crippen LogP contribution in [-0.4, -0.2) is 6.61 Å². The Morgan fingerprint density at radius 2 is 1.23 bits per heavy atom. The summed E-state index contributed by atoms with van der Waals surface area (Å²) in [6.07, 6.45) is -3.59. The zero-order chi connectivity index (χ0) is 31.2. The number of ether oxygens (including phenoxy) is 1. The molecule has 44 heavy (non-hydrogen) atoms. The predicted molar refractivity (Wildman–Crippen MR) is 156 cm³/mol. The summed E-state index contributed by atoms with van der Waals surface area (Å²) in [5.41, 5.74) is 0.837. The summed E-state index contributed by atoms with van der Waals surface area (Å²) in [7, 11) is 0. The number of halogens is 7. The molecule has 0 saturated carbocycles. The van der Waals surface area contributed by atoms with Crippen molar-refractivity contribution in [3.8, 4) is 22.3 Å². The van der Waals surface area contributed by atoms with Crippen LogP contribution >= 0.6 is 0 Å². The van der Waals surface area contributed by atoms with Crippen LogP contribution in [0.25, 0.3) is 33.0 Å². The summed E-state index contributed by atoms with van der Waals surface area (Å²) in [5.74, 6) is -5.82. The number of fused-ring (bicyclic) bond motifs is 1. The molecule has 0 aromatic heterocycles. The topological polar surface area (TPSA) is 12.5 Å². The van der Waals surface area contributed by atoms with Crippen molar-refractivity contribution in [3.63, 3.8) is 0 Å². The first-order valence-electron chi connectivity index (χ1n) is 14.4. The molecule has 1 nitrogen and oxygen atoms in total. The molecule has 1 saturated heterocycles. The molecule has 1 unspecified atom stereocenters. The number of hydrogen-bond donors (Lipinski definition) is 0. The van der Waals surface area contributed by atoms with Crippen LogP contribution in [0.15, 0.2) is 78.9 Å². The predicted octanol–water partition coefficient (Wildman–Crippen LogP) is 10.6. The first kappa shape index (κ1) is 29.9. The standard InChI is InChI=1S/C36H27F7O/c1-2-3-20-4-9-22(10-5-20)23-11-6-21(7-12-23)8-13-24-14-16-27(33(38)31(24)36(41,42)43)26-17-15-25-18-28(29-19-44-29)34(39)35(40)30(25)32(26)37/h4-7,9-12,14-18,29H,2-3,8,13,19H2,1H3. The first-order chi connectivity index (χ1) is 21.1. The molecule has 0 bridgehead atoms. The third-order valence-corrected chi connectivity index (χ3v) is 8.10. The quantitative estimate of drug-likeness (QED) is 0.126. The van der Waals surface area contributed by atoms with Crippen molar-refractivity contribution >= 4 is 10.8 Å². The Morgan fingerprint density at radius 1 is 0.659 bits per heavy atom. The highest BCUT2D eigenvalue weighted by atomic mass is 19.4. The summed E-state index contributed by atoms with van der Waals surface area (Å²) in [6.45, 7) is 2.31. The van der Waals surface area contributed by atoms with Crippen molar-refractivity contribution < 1.29 is 35.5 Å². The van der Waals surface area contributed by atoms with Gasteiger partial charge >= 0.3 is 6.18 Å². The Morgan fingerprint density at radius 3 is 1.80 bits per heavy atom. The fourth-order valence-electron chi connectivity index (χ4n) is 5.71. The molecule has 1 aliphatic rings. The third kappa shape index (κ3) is 5.71. The number of hydrogen-bond acceptors (Lipinski definition) is 1. The van der Waals surface area contributed by atoms with E-state index in [0.29, 0.717) is 0 Å². The van der Waals surface area contributed by atoms with Crippen LogP contribution in [0.2, 0.25) is 0 Å². The summed E-state index contributed by atoms with van der Waals surface area (Å²) >= 11 is 0. The van der Waals surface area contributed by atoms with Crippen LogP contribution < -0.4 is 0 Å². The molecule has 1 aliphatic heterocycles. The third-order valence-electron chi connectivity index (χ3n) is 8.10. The maximum Gasteiger partial charge on any atom is 0.419 e. The Kier molecular flexibility index (Phi) is 7.97. The van der Waals surface area contributed by atoms with Gasteiger partial charge in [-0.2, -0.15) is 13.2 Å². The maximum absolute atomic E-state index is 15.6. The second-order valence-corrected chi connectivity index (χ2v) is 11.0. The second-order valence-electron chi connectivity index (χ2n) is 11.0. The smallest absolute Gasteiger partial charge is 0.368 e. The van der Waals surface area contributed by atoms with E-state index in [-0.39, 0.29) is 36.0 Å². The molecular weight excluding hydrogens is 581 g/mol. The van der Waals surface area contributed by atoms with Crippen LogP contribution in [0.4, 0.5) is 30.7 Å². The second kappa shape index (κ2) is 11.7. The molecular formula is C36H27F7O. The average Bonchev–Trinajstić information content (AvgIpc) is 3.84. The monoisotopic (exact) mass is 608 g/mol. The molecule has 1 atom stereocenters. The lowest BCUT2D eigenvalue weighted by atomic mass is 9.92. The number of alkyl halides is 3. The molecule has 8 heteroatoms. The molecule has 0 radical (unpaired) electrons. The van der Waals surface area contributed by atoms with E-state index in [1.54, 1.807) is 0 Å². The average molecular weight is 609 g/mol. The minimum atomic E-state index is -5.08. The van der Waals surface area contributed by atoms with Gasteiger partial charge in [0.2, 0.25) is 0 Å². The lowest BCUT2D eigenvalue weighted by molar-refractivity contribution is -0.140. The van der Waals surface area contributed by atoms with Crippen LogP contribution in [-0.2, 0) is 30.2 Å². The van der Waals surface area contributed by atoms with Crippen molar-refractivity contribution in [3.05, 3.63) is 130 Å². The minimum Gasteiger partial charge on any atom is -0.368 e. The van der Waals surface area contributed by atoms with E-state index in [0.717, 1.165) is 47.7 Å². The fourth-order valence-corrected chi connectivity index (χ4v) is 5.71.